The highest BCUT2D eigenvalue weighted by atomic mass is 32.2. The van der Waals surface area contributed by atoms with Crippen LogP contribution in [0.5, 0.6) is 0 Å². The van der Waals surface area contributed by atoms with Gasteiger partial charge in [-0.1, -0.05) is 6.92 Å². The summed E-state index contributed by atoms with van der Waals surface area (Å²) in [7, 11) is -1.61. The number of nitrogens with one attached hydrogen (secondary N) is 1. The number of thiophene rings is 1. The van der Waals surface area contributed by atoms with Gasteiger partial charge in [0.15, 0.2) is 0 Å². The first-order chi connectivity index (χ1) is 9.46. The Morgan fingerprint density at radius 3 is 2.75 bits per heavy atom. The minimum absolute atomic E-state index is 0.450. The summed E-state index contributed by atoms with van der Waals surface area (Å²) in [5.41, 5.74) is 0. The zero-order valence-electron chi connectivity index (χ0n) is 12.0. The number of sulfonamides is 1. The summed E-state index contributed by atoms with van der Waals surface area (Å²) >= 11 is 1.53. The third-order valence-corrected chi connectivity index (χ3v) is 7.14. The van der Waals surface area contributed by atoms with Crippen LogP contribution < -0.4 is 5.32 Å². The summed E-state index contributed by atoms with van der Waals surface area (Å²) in [5, 5.41) is 5.19. The van der Waals surface area contributed by atoms with Gasteiger partial charge in [-0.2, -0.15) is 0 Å². The van der Waals surface area contributed by atoms with Crippen molar-refractivity contribution < 1.29 is 8.42 Å². The van der Waals surface area contributed by atoms with Crippen LogP contribution in [0.4, 0.5) is 0 Å². The average molecular weight is 314 g/mol. The molecule has 112 valence electrons. The van der Waals surface area contributed by atoms with Crippen molar-refractivity contribution >= 4 is 21.4 Å². The summed E-state index contributed by atoms with van der Waals surface area (Å²) in [6.45, 7) is 3.61. The fraction of sp³-hybridized carbons (Fsp3) is 0.714. The van der Waals surface area contributed by atoms with Crippen LogP contribution in [-0.4, -0.2) is 32.4 Å². The van der Waals surface area contributed by atoms with Crippen LogP contribution in [0, 0.1) is 11.8 Å². The second kappa shape index (κ2) is 5.40. The third kappa shape index (κ3) is 3.24. The molecule has 1 aromatic heterocycles. The van der Waals surface area contributed by atoms with E-state index in [1.54, 1.807) is 12.4 Å². The smallest absolute Gasteiger partial charge is 0.243 e. The van der Waals surface area contributed by atoms with Crippen LogP contribution >= 0.6 is 11.3 Å². The predicted octanol–water partition coefficient (Wildman–Crippen LogP) is 2.28. The maximum Gasteiger partial charge on any atom is 0.243 e. The minimum atomic E-state index is -3.30. The van der Waals surface area contributed by atoms with Gasteiger partial charge in [0.25, 0.3) is 0 Å². The fourth-order valence-corrected chi connectivity index (χ4v) is 4.82. The van der Waals surface area contributed by atoms with Gasteiger partial charge in [0.05, 0.1) is 4.90 Å². The largest absolute Gasteiger partial charge is 0.309 e. The van der Waals surface area contributed by atoms with E-state index in [-0.39, 0.29) is 0 Å². The topological polar surface area (TPSA) is 49.4 Å². The molecule has 0 bridgehead atoms. The monoisotopic (exact) mass is 314 g/mol. The van der Waals surface area contributed by atoms with Crippen molar-refractivity contribution in [2.24, 2.45) is 11.8 Å². The highest BCUT2D eigenvalue weighted by Crippen LogP contribution is 2.39. The molecule has 0 aliphatic heterocycles. The van der Waals surface area contributed by atoms with Crippen LogP contribution in [-0.2, 0) is 16.6 Å². The molecular formula is C14H22N2O2S2. The summed E-state index contributed by atoms with van der Waals surface area (Å²) < 4.78 is 26.5. The van der Waals surface area contributed by atoms with E-state index in [4.69, 9.17) is 0 Å². The van der Waals surface area contributed by atoms with E-state index in [0.29, 0.717) is 29.3 Å². The zero-order chi connectivity index (χ0) is 14.3. The Bertz CT molecular complexity index is 578. The molecule has 0 radical (unpaired) electrons. The second-order valence-corrected chi connectivity index (χ2v) is 9.20. The van der Waals surface area contributed by atoms with E-state index in [2.05, 4.69) is 12.2 Å². The summed E-state index contributed by atoms with van der Waals surface area (Å²) in [6, 6.07) is 2.47. The van der Waals surface area contributed by atoms with Gasteiger partial charge in [-0.3, -0.25) is 0 Å². The van der Waals surface area contributed by atoms with Crippen LogP contribution in [0.15, 0.2) is 16.3 Å². The van der Waals surface area contributed by atoms with Gasteiger partial charge in [-0.05, 0) is 37.2 Å². The van der Waals surface area contributed by atoms with Crippen LogP contribution in [0.25, 0.3) is 0 Å². The Morgan fingerprint density at radius 2 is 2.15 bits per heavy atom. The van der Waals surface area contributed by atoms with Crippen molar-refractivity contribution in [3.63, 3.8) is 0 Å². The first-order valence-corrected chi connectivity index (χ1v) is 9.56. The molecule has 4 nitrogen and oxygen atoms in total. The van der Waals surface area contributed by atoms with E-state index >= 15 is 0 Å². The molecule has 2 aliphatic carbocycles. The van der Waals surface area contributed by atoms with Gasteiger partial charge in [0.1, 0.15) is 0 Å². The molecule has 0 amide bonds. The van der Waals surface area contributed by atoms with Crippen molar-refractivity contribution in [3.05, 3.63) is 16.3 Å². The number of hydrogen-bond donors (Lipinski definition) is 1. The van der Waals surface area contributed by atoms with Gasteiger partial charge < -0.3 is 5.32 Å². The molecule has 20 heavy (non-hydrogen) atoms. The van der Waals surface area contributed by atoms with E-state index in [1.807, 2.05) is 6.07 Å². The Hall–Kier alpha value is -0.430. The molecule has 0 saturated heterocycles. The lowest BCUT2D eigenvalue weighted by Crippen LogP contribution is -2.29. The third-order valence-electron chi connectivity index (χ3n) is 4.25. The standard InChI is InChI=1S/C14H22N2O2S2/c1-10-5-11(10)8-16(2)20(17,18)14-6-13(19-9-14)7-15-12-3-4-12/h6,9-12,15H,3-5,7-8H2,1-2H3. The van der Waals surface area contributed by atoms with Crippen molar-refractivity contribution in [3.8, 4) is 0 Å². The highest BCUT2D eigenvalue weighted by Gasteiger charge is 2.36. The Morgan fingerprint density at radius 1 is 1.45 bits per heavy atom. The minimum Gasteiger partial charge on any atom is -0.309 e. The molecular weight excluding hydrogens is 292 g/mol. The molecule has 0 aromatic carbocycles. The van der Waals surface area contributed by atoms with Crippen LogP contribution in [0.3, 0.4) is 0 Å². The maximum absolute atomic E-state index is 12.5. The quantitative estimate of drug-likeness (QED) is 0.840. The Balaban J connectivity index is 1.63. The van der Waals surface area contributed by atoms with E-state index in [9.17, 15) is 8.42 Å². The molecule has 1 aromatic rings. The van der Waals surface area contributed by atoms with Gasteiger partial charge in [-0.15, -0.1) is 11.3 Å². The molecule has 6 heteroatoms. The van der Waals surface area contributed by atoms with Gasteiger partial charge in [0, 0.05) is 36.4 Å². The molecule has 2 saturated carbocycles. The van der Waals surface area contributed by atoms with Crippen molar-refractivity contribution in [2.45, 2.75) is 43.7 Å². The van der Waals surface area contributed by atoms with Crippen molar-refractivity contribution in [1.29, 1.82) is 0 Å². The number of hydrogen-bond acceptors (Lipinski definition) is 4. The summed E-state index contributed by atoms with van der Waals surface area (Å²) in [6.07, 6.45) is 3.65. The molecule has 2 unspecified atom stereocenters. The molecule has 0 spiro atoms. The summed E-state index contributed by atoms with van der Waals surface area (Å²) in [5.74, 6) is 1.22. The van der Waals surface area contributed by atoms with E-state index in [1.165, 1.54) is 28.5 Å². The molecule has 2 aliphatic rings. The van der Waals surface area contributed by atoms with Crippen LogP contribution in [0.2, 0.25) is 0 Å². The lowest BCUT2D eigenvalue weighted by Gasteiger charge is -2.15. The fourth-order valence-electron chi connectivity index (χ4n) is 2.38. The SMILES string of the molecule is CC1CC1CN(C)S(=O)(=O)c1csc(CNC2CC2)c1. The maximum atomic E-state index is 12.5. The molecule has 1 N–H and O–H groups in total. The Kier molecular flexibility index (Phi) is 3.92. The van der Waals surface area contributed by atoms with Crippen molar-refractivity contribution in [2.75, 3.05) is 13.6 Å². The lowest BCUT2D eigenvalue weighted by atomic mass is 10.3. The second-order valence-electron chi connectivity index (χ2n) is 6.16. The van der Waals surface area contributed by atoms with Crippen molar-refractivity contribution in [1.82, 2.24) is 9.62 Å². The van der Waals surface area contributed by atoms with E-state index in [0.717, 1.165) is 17.8 Å². The van der Waals surface area contributed by atoms with E-state index < -0.39 is 10.0 Å². The molecule has 1 heterocycles. The predicted molar refractivity (Wildman–Crippen MR) is 81.3 cm³/mol. The lowest BCUT2D eigenvalue weighted by molar-refractivity contribution is 0.445. The normalized spacial score (nSPS) is 26.1. The molecule has 2 atom stereocenters. The van der Waals surface area contributed by atoms with Gasteiger partial charge in [-0.25, -0.2) is 12.7 Å². The van der Waals surface area contributed by atoms with Gasteiger partial charge in [0.2, 0.25) is 10.0 Å². The zero-order valence-corrected chi connectivity index (χ0v) is 13.6. The number of rotatable bonds is 7. The highest BCUT2D eigenvalue weighted by molar-refractivity contribution is 7.89. The van der Waals surface area contributed by atoms with Gasteiger partial charge >= 0.3 is 0 Å². The summed E-state index contributed by atoms with van der Waals surface area (Å²) in [4.78, 5) is 1.55. The molecule has 2 fully saturated rings. The Labute approximate surface area is 125 Å². The molecule has 3 rings (SSSR count). The van der Waals surface area contributed by atoms with Crippen LogP contribution in [0.1, 0.15) is 31.1 Å². The number of nitrogens with zero attached hydrogens (tertiary/aromatic N) is 1. The first-order valence-electron chi connectivity index (χ1n) is 7.24. The first kappa shape index (κ1) is 14.5. The average Bonchev–Trinajstić information content (AvgIpc) is 3.29.